The molecule has 5 nitrogen and oxygen atoms in total. The highest BCUT2D eigenvalue weighted by Gasteiger charge is 2.21. The fourth-order valence-electron chi connectivity index (χ4n) is 2.22. The van der Waals surface area contributed by atoms with Crippen molar-refractivity contribution in [2.45, 2.75) is 6.17 Å². The maximum Gasteiger partial charge on any atom is 0.128 e. The zero-order valence-electron chi connectivity index (χ0n) is 11.0. The van der Waals surface area contributed by atoms with Gasteiger partial charge in [-0.05, 0) is 12.1 Å². The summed E-state index contributed by atoms with van der Waals surface area (Å²) in [6, 6.07) is 5.77. The van der Waals surface area contributed by atoms with Crippen molar-refractivity contribution >= 4 is 0 Å². The normalized spacial score (nSPS) is 18.4. The Morgan fingerprint density at radius 1 is 1.22 bits per heavy atom. The van der Waals surface area contributed by atoms with Gasteiger partial charge in [0.05, 0.1) is 20.4 Å². The van der Waals surface area contributed by atoms with E-state index in [1.54, 1.807) is 14.2 Å². The highest BCUT2D eigenvalue weighted by Crippen LogP contribution is 2.30. The van der Waals surface area contributed by atoms with Gasteiger partial charge in [-0.2, -0.15) is 0 Å². The summed E-state index contributed by atoms with van der Waals surface area (Å²) >= 11 is 0. The first-order valence-electron chi connectivity index (χ1n) is 6.18. The maximum absolute atomic E-state index is 6.31. The summed E-state index contributed by atoms with van der Waals surface area (Å²) in [5.41, 5.74) is 7.32. The highest BCUT2D eigenvalue weighted by atomic mass is 16.5. The van der Waals surface area contributed by atoms with Gasteiger partial charge in [-0.25, -0.2) is 0 Å². The van der Waals surface area contributed by atoms with Crippen LogP contribution in [0.25, 0.3) is 0 Å². The third-order valence-corrected chi connectivity index (χ3v) is 3.30. The quantitative estimate of drug-likeness (QED) is 0.819. The van der Waals surface area contributed by atoms with Crippen molar-refractivity contribution in [2.24, 2.45) is 5.73 Å². The van der Waals surface area contributed by atoms with Gasteiger partial charge in [0.2, 0.25) is 0 Å². The van der Waals surface area contributed by atoms with Crippen LogP contribution in [-0.2, 0) is 0 Å². The smallest absolute Gasteiger partial charge is 0.128 e. The van der Waals surface area contributed by atoms with Crippen molar-refractivity contribution in [3.8, 4) is 11.5 Å². The first-order valence-corrected chi connectivity index (χ1v) is 6.18. The van der Waals surface area contributed by atoms with Crippen molar-refractivity contribution in [3.05, 3.63) is 23.8 Å². The van der Waals surface area contributed by atoms with E-state index in [-0.39, 0.29) is 6.17 Å². The summed E-state index contributed by atoms with van der Waals surface area (Å²) in [6.07, 6.45) is -0.132. The zero-order valence-corrected chi connectivity index (χ0v) is 11.0. The van der Waals surface area contributed by atoms with Crippen LogP contribution in [0.1, 0.15) is 11.7 Å². The van der Waals surface area contributed by atoms with Crippen molar-refractivity contribution in [1.82, 2.24) is 10.2 Å². The van der Waals surface area contributed by atoms with Gasteiger partial charge in [0.1, 0.15) is 11.5 Å². The number of benzene rings is 1. The molecule has 1 atom stereocenters. The van der Waals surface area contributed by atoms with Crippen molar-refractivity contribution in [1.29, 1.82) is 0 Å². The Labute approximate surface area is 108 Å². The molecule has 0 saturated carbocycles. The molecule has 1 saturated heterocycles. The van der Waals surface area contributed by atoms with E-state index in [2.05, 4.69) is 10.2 Å². The van der Waals surface area contributed by atoms with E-state index in [4.69, 9.17) is 15.2 Å². The van der Waals surface area contributed by atoms with Crippen LogP contribution in [0.5, 0.6) is 11.5 Å². The fraction of sp³-hybridized carbons (Fsp3) is 0.538. The van der Waals surface area contributed by atoms with Crippen LogP contribution in [0.3, 0.4) is 0 Å². The molecular weight excluding hydrogens is 230 g/mol. The molecule has 0 bridgehead atoms. The monoisotopic (exact) mass is 251 g/mol. The standard InChI is InChI=1S/C13H21N3O2/c1-17-10-3-4-11(12(9-10)18-2)13(14)16-7-5-15-6-8-16/h3-4,9,13,15H,5-8,14H2,1-2H3. The Hall–Kier alpha value is -1.30. The number of methoxy groups -OCH3 is 2. The number of ether oxygens (including phenoxy) is 2. The number of rotatable bonds is 4. The molecule has 0 aliphatic carbocycles. The summed E-state index contributed by atoms with van der Waals surface area (Å²) in [4.78, 5) is 2.25. The van der Waals surface area contributed by atoms with Gasteiger partial charge in [0.15, 0.2) is 0 Å². The van der Waals surface area contributed by atoms with E-state index in [0.717, 1.165) is 43.2 Å². The molecular formula is C13H21N3O2. The topological polar surface area (TPSA) is 59.8 Å². The Morgan fingerprint density at radius 3 is 2.56 bits per heavy atom. The zero-order chi connectivity index (χ0) is 13.0. The lowest BCUT2D eigenvalue weighted by Gasteiger charge is -2.33. The molecule has 1 unspecified atom stereocenters. The van der Waals surface area contributed by atoms with Crippen LogP contribution in [0.2, 0.25) is 0 Å². The number of hydrogen-bond acceptors (Lipinski definition) is 5. The summed E-state index contributed by atoms with van der Waals surface area (Å²) in [6.45, 7) is 3.87. The minimum Gasteiger partial charge on any atom is -0.497 e. The molecule has 0 radical (unpaired) electrons. The van der Waals surface area contributed by atoms with Gasteiger partial charge >= 0.3 is 0 Å². The average Bonchev–Trinajstić information content (AvgIpc) is 2.46. The average molecular weight is 251 g/mol. The molecule has 1 aromatic rings. The van der Waals surface area contributed by atoms with Crippen molar-refractivity contribution in [2.75, 3.05) is 40.4 Å². The molecule has 100 valence electrons. The number of hydrogen-bond donors (Lipinski definition) is 2. The van der Waals surface area contributed by atoms with Crippen LogP contribution >= 0.6 is 0 Å². The Bertz CT molecular complexity index is 392. The molecule has 0 amide bonds. The maximum atomic E-state index is 6.31. The lowest BCUT2D eigenvalue weighted by atomic mass is 10.1. The first-order chi connectivity index (χ1) is 8.76. The van der Waals surface area contributed by atoms with Gasteiger partial charge in [0.25, 0.3) is 0 Å². The van der Waals surface area contributed by atoms with Crippen LogP contribution < -0.4 is 20.5 Å². The lowest BCUT2D eigenvalue weighted by Crippen LogP contribution is -2.47. The van der Waals surface area contributed by atoms with Crippen LogP contribution in [-0.4, -0.2) is 45.3 Å². The second-order valence-corrected chi connectivity index (χ2v) is 4.34. The van der Waals surface area contributed by atoms with Gasteiger partial charge in [-0.3, -0.25) is 4.90 Å². The molecule has 1 aliphatic heterocycles. The Morgan fingerprint density at radius 2 is 1.94 bits per heavy atom. The number of nitrogens with zero attached hydrogens (tertiary/aromatic N) is 1. The minimum atomic E-state index is -0.132. The minimum absolute atomic E-state index is 0.132. The van der Waals surface area contributed by atoms with Gasteiger partial charge in [-0.15, -0.1) is 0 Å². The summed E-state index contributed by atoms with van der Waals surface area (Å²) in [5.74, 6) is 1.56. The summed E-state index contributed by atoms with van der Waals surface area (Å²) in [7, 11) is 3.30. The molecule has 1 fully saturated rings. The van der Waals surface area contributed by atoms with E-state index in [0.29, 0.717) is 0 Å². The number of piperazine rings is 1. The second-order valence-electron chi connectivity index (χ2n) is 4.34. The fourth-order valence-corrected chi connectivity index (χ4v) is 2.22. The van der Waals surface area contributed by atoms with Gasteiger partial charge in [0, 0.05) is 37.8 Å². The Balaban J connectivity index is 2.20. The molecule has 0 spiro atoms. The molecule has 0 aromatic heterocycles. The molecule has 5 heteroatoms. The van der Waals surface area contributed by atoms with Crippen LogP contribution in [0, 0.1) is 0 Å². The summed E-state index contributed by atoms with van der Waals surface area (Å²) < 4.78 is 10.6. The highest BCUT2D eigenvalue weighted by molar-refractivity contribution is 5.42. The largest absolute Gasteiger partial charge is 0.497 e. The molecule has 1 aliphatic rings. The van der Waals surface area contributed by atoms with E-state index in [1.165, 1.54) is 0 Å². The van der Waals surface area contributed by atoms with Gasteiger partial charge in [-0.1, -0.05) is 0 Å². The second kappa shape index (κ2) is 6.04. The third kappa shape index (κ3) is 2.75. The van der Waals surface area contributed by atoms with E-state index < -0.39 is 0 Å². The van der Waals surface area contributed by atoms with Crippen LogP contribution in [0.15, 0.2) is 18.2 Å². The molecule has 1 heterocycles. The molecule has 1 aromatic carbocycles. The van der Waals surface area contributed by atoms with E-state index in [9.17, 15) is 0 Å². The number of nitrogens with one attached hydrogen (secondary N) is 1. The van der Waals surface area contributed by atoms with Crippen LogP contribution in [0.4, 0.5) is 0 Å². The predicted molar refractivity (Wildman–Crippen MR) is 70.9 cm³/mol. The van der Waals surface area contributed by atoms with E-state index >= 15 is 0 Å². The van der Waals surface area contributed by atoms with E-state index in [1.807, 2.05) is 18.2 Å². The Kier molecular flexibility index (Phi) is 4.41. The molecule has 3 N–H and O–H groups in total. The predicted octanol–water partition coefficient (Wildman–Crippen LogP) is 0.566. The third-order valence-electron chi connectivity index (χ3n) is 3.30. The van der Waals surface area contributed by atoms with Crippen molar-refractivity contribution < 1.29 is 9.47 Å². The lowest BCUT2D eigenvalue weighted by molar-refractivity contribution is 0.174. The number of nitrogens with two attached hydrogens (primary N) is 1. The van der Waals surface area contributed by atoms with Crippen molar-refractivity contribution in [3.63, 3.8) is 0 Å². The summed E-state index contributed by atoms with van der Waals surface area (Å²) in [5, 5.41) is 3.32. The first kappa shape index (κ1) is 13.1. The SMILES string of the molecule is COc1ccc(C(N)N2CCNCC2)c(OC)c1. The molecule has 2 rings (SSSR count). The molecule has 18 heavy (non-hydrogen) atoms. The van der Waals surface area contributed by atoms with Gasteiger partial charge < -0.3 is 20.5 Å².